The fourth-order valence-corrected chi connectivity index (χ4v) is 4.37. The molecule has 0 amide bonds. The maximum absolute atomic E-state index is 12.7. The Bertz CT molecular complexity index is 1590. The maximum Gasteiger partial charge on any atom is 0.345 e. The summed E-state index contributed by atoms with van der Waals surface area (Å²) >= 11 is 1.31. The van der Waals surface area contributed by atoms with Gasteiger partial charge in [0, 0.05) is 10.8 Å². The molecule has 0 aliphatic carbocycles. The largest absolute Gasteiger partial charge is 0.497 e. The number of fused-ring (bicyclic) bond motifs is 3. The van der Waals surface area contributed by atoms with Crippen molar-refractivity contribution in [3.8, 4) is 23.1 Å². The number of ether oxygens (including phenoxy) is 1. The van der Waals surface area contributed by atoms with Gasteiger partial charge in [-0.3, -0.25) is 0 Å². The first-order valence-electron chi connectivity index (χ1n) is 9.84. The van der Waals surface area contributed by atoms with Crippen LogP contribution in [0.15, 0.2) is 81.3 Å². The van der Waals surface area contributed by atoms with Gasteiger partial charge in [-0.25, -0.2) is 9.78 Å². The Morgan fingerprint density at radius 2 is 1.91 bits per heavy atom. The van der Waals surface area contributed by atoms with Crippen molar-refractivity contribution < 1.29 is 9.15 Å². The van der Waals surface area contributed by atoms with E-state index in [0.29, 0.717) is 27.4 Å². The van der Waals surface area contributed by atoms with E-state index >= 15 is 0 Å². The number of thiazole rings is 1. The highest BCUT2D eigenvalue weighted by molar-refractivity contribution is 7.11. The van der Waals surface area contributed by atoms with Gasteiger partial charge in [0.15, 0.2) is 0 Å². The van der Waals surface area contributed by atoms with Crippen LogP contribution in [0.25, 0.3) is 44.6 Å². The van der Waals surface area contributed by atoms with Crippen LogP contribution in [0.1, 0.15) is 10.6 Å². The summed E-state index contributed by atoms with van der Waals surface area (Å²) in [6.45, 7) is 0. The zero-order valence-electron chi connectivity index (χ0n) is 17.0. The predicted octanol–water partition coefficient (Wildman–Crippen LogP) is 6.14. The molecule has 0 saturated heterocycles. The lowest BCUT2D eigenvalue weighted by Crippen LogP contribution is -2.03. The Morgan fingerprint density at radius 3 is 2.69 bits per heavy atom. The minimum absolute atomic E-state index is 0.373. The lowest BCUT2D eigenvalue weighted by molar-refractivity contribution is 0.415. The molecule has 0 N–H and O–H groups in total. The molecule has 6 heteroatoms. The van der Waals surface area contributed by atoms with Crippen LogP contribution in [0.3, 0.4) is 0 Å². The van der Waals surface area contributed by atoms with Crippen LogP contribution < -0.4 is 10.4 Å². The molecule has 5 nitrogen and oxygen atoms in total. The Balaban J connectivity index is 1.58. The standard InChI is InChI=1S/C26H16N2O3S/c1-30-19-9-6-16(7-10-19)12-18(14-27)25-28-23(15-32-25)22-13-21-20-5-3-2-4-17(20)8-11-24(21)31-26(22)29/h2-13,15H,1H3. The molecule has 5 rings (SSSR count). The highest BCUT2D eigenvalue weighted by atomic mass is 32.1. The van der Waals surface area contributed by atoms with Crippen LogP contribution >= 0.6 is 11.3 Å². The maximum atomic E-state index is 12.7. The van der Waals surface area contributed by atoms with E-state index in [2.05, 4.69) is 11.1 Å². The highest BCUT2D eigenvalue weighted by Crippen LogP contribution is 2.30. The number of hydrogen-bond acceptors (Lipinski definition) is 6. The van der Waals surface area contributed by atoms with Crippen LogP contribution in [0, 0.1) is 11.3 Å². The van der Waals surface area contributed by atoms with Gasteiger partial charge in [0.25, 0.3) is 0 Å². The van der Waals surface area contributed by atoms with Gasteiger partial charge in [-0.05, 0) is 46.7 Å². The highest BCUT2D eigenvalue weighted by Gasteiger charge is 2.15. The number of benzene rings is 3. The van der Waals surface area contributed by atoms with Crippen molar-refractivity contribution in [3.63, 3.8) is 0 Å². The predicted molar refractivity (Wildman–Crippen MR) is 128 cm³/mol. The molecule has 0 atom stereocenters. The topological polar surface area (TPSA) is 76.1 Å². The average Bonchev–Trinajstić information content (AvgIpc) is 3.32. The van der Waals surface area contributed by atoms with E-state index in [0.717, 1.165) is 27.5 Å². The van der Waals surface area contributed by atoms with Gasteiger partial charge >= 0.3 is 5.63 Å². The van der Waals surface area contributed by atoms with Crippen molar-refractivity contribution in [1.29, 1.82) is 5.26 Å². The Hall–Kier alpha value is -4.21. The molecule has 0 saturated carbocycles. The molecule has 0 aliphatic rings. The van der Waals surface area contributed by atoms with Crippen molar-refractivity contribution in [2.75, 3.05) is 7.11 Å². The molecule has 0 aliphatic heterocycles. The second-order valence-corrected chi connectivity index (χ2v) is 7.99. The van der Waals surface area contributed by atoms with Gasteiger partial charge in [-0.1, -0.05) is 42.5 Å². The molecule has 5 aromatic rings. The summed E-state index contributed by atoms with van der Waals surface area (Å²) in [6, 6.07) is 23.1. The van der Waals surface area contributed by atoms with E-state index in [9.17, 15) is 10.1 Å². The minimum Gasteiger partial charge on any atom is -0.497 e. The van der Waals surface area contributed by atoms with Crippen molar-refractivity contribution in [2.45, 2.75) is 0 Å². The lowest BCUT2D eigenvalue weighted by atomic mass is 10.0. The van der Waals surface area contributed by atoms with Crippen LogP contribution in [0.5, 0.6) is 5.75 Å². The summed E-state index contributed by atoms with van der Waals surface area (Å²) in [5.41, 5.74) is 2.22. The number of methoxy groups -OCH3 is 1. The van der Waals surface area contributed by atoms with Crippen molar-refractivity contribution in [3.05, 3.63) is 93.1 Å². The fourth-order valence-electron chi connectivity index (χ4n) is 3.58. The molecule has 2 aromatic heterocycles. The molecule has 0 fully saturated rings. The normalized spacial score (nSPS) is 11.6. The van der Waals surface area contributed by atoms with E-state index < -0.39 is 5.63 Å². The second-order valence-electron chi connectivity index (χ2n) is 7.13. The van der Waals surface area contributed by atoms with Crippen LogP contribution in [0.2, 0.25) is 0 Å². The van der Waals surface area contributed by atoms with E-state index in [1.807, 2.05) is 60.7 Å². The van der Waals surface area contributed by atoms with E-state index in [-0.39, 0.29) is 0 Å². The monoisotopic (exact) mass is 436 g/mol. The zero-order valence-corrected chi connectivity index (χ0v) is 17.8. The Morgan fingerprint density at radius 1 is 1.09 bits per heavy atom. The smallest absolute Gasteiger partial charge is 0.345 e. The van der Waals surface area contributed by atoms with E-state index in [4.69, 9.17) is 9.15 Å². The van der Waals surface area contributed by atoms with Crippen LogP contribution in [-0.4, -0.2) is 12.1 Å². The molecule has 0 radical (unpaired) electrons. The van der Waals surface area contributed by atoms with Crippen LogP contribution in [-0.2, 0) is 0 Å². The van der Waals surface area contributed by atoms with Crippen molar-refractivity contribution >= 4 is 44.7 Å². The molecular formula is C26H16N2O3S. The third kappa shape index (κ3) is 3.55. The lowest BCUT2D eigenvalue weighted by Gasteiger charge is -2.04. The summed E-state index contributed by atoms with van der Waals surface area (Å²) in [7, 11) is 1.61. The molecule has 32 heavy (non-hydrogen) atoms. The first-order chi connectivity index (χ1) is 15.7. The molecular weight excluding hydrogens is 420 g/mol. The van der Waals surface area contributed by atoms with Gasteiger partial charge in [0.05, 0.1) is 23.9 Å². The molecule has 0 unspecified atom stereocenters. The molecule has 3 aromatic carbocycles. The average molecular weight is 436 g/mol. The third-order valence-corrected chi connectivity index (χ3v) is 6.08. The van der Waals surface area contributed by atoms with E-state index in [1.54, 1.807) is 24.6 Å². The summed E-state index contributed by atoms with van der Waals surface area (Å²) in [6.07, 6.45) is 1.76. The number of rotatable bonds is 4. The third-order valence-electron chi connectivity index (χ3n) is 5.20. The summed E-state index contributed by atoms with van der Waals surface area (Å²) in [5, 5.41) is 14.9. The van der Waals surface area contributed by atoms with Crippen molar-refractivity contribution in [1.82, 2.24) is 4.98 Å². The molecule has 0 bridgehead atoms. The molecule has 0 spiro atoms. The quantitative estimate of drug-likeness (QED) is 0.192. The number of nitrogens with zero attached hydrogens (tertiary/aromatic N) is 2. The van der Waals surface area contributed by atoms with E-state index in [1.165, 1.54) is 11.3 Å². The first-order valence-corrected chi connectivity index (χ1v) is 10.7. The second kappa shape index (κ2) is 8.14. The van der Waals surface area contributed by atoms with Crippen LogP contribution in [0.4, 0.5) is 0 Å². The SMILES string of the molecule is COc1ccc(C=C(C#N)c2nc(-c3cc4c(ccc5ccccc54)oc3=O)cs2)cc1. The number of aromatic nitrogens is 1. The zero-order chi connectivity index (χ0) is 22.1. The fraction of sp³-hybridized carbons (Fsp3) is 0.0385. The summed E-state index contributed by atoms with van der Waals surface area (Å²) < 4.78 is 10.8. The molecule has 2 heterocycles. The summed E-state index contributed by atoms with van der Waals surface area (Å²) in [5.74, 6) is 0.743. The number of allylic oxidation sites excluding steroid dienone is 1. The Kier molecular flexibility index (Phi) is 5.02. The first kappa shape index (κ1) is 19.7. The minimum atomic E-state index is -0.456. The van der Waals surface area contributed by atoms with Gasteiger partial charge in [0.2, 0.25) is 0 Å². The number of nitriles is 1. The molecule has 154 valence electrons. The van der Waals surface area contributed by atoms with Gasteiger partial charge in [0.1, 0.15) is 22.4 Å². The van der Waals surface area contributed by atoms with Crippen molar-refractivity contribution in [2.24, 2.45) is 0 Å². The Labute approximate surface area is 187 Å². The summed E-state index contributed by atoms with van der Waals surface area (Å²) in [4.78, 5) is 17.2. The van der Waals surface area contributed by atoms with Gasteiger partial charge in [-0.15, -0.1) is 11.3 Å². The van der Waals surface area contributed by atoms with Gasteiger partial charge in [-0.2, -0.15) is 5.26 Å². The van der Waals surface area contributed by atoms with Gasteiger partial charge < -0.3 is 9.15 Å². The number of hydrogen-bond donors (Lipinski definition) is 0.